The van der Waals surface area contributed by atoms with Gasteiger partial charge in [-0.15, -0.1) is 0 Å². The predicted molar refractivity (Wildman–Crippen MR) is 84.4 cm³/mol. The number of ether oxygens (including phenoxy) is 1. The van der Waals surface area contributed by atoms with E-state index in [9.17, 15) is 4.79 Å². The summed E-state index contributed by atoms with van der Waals surface area (Å²) in [6.07, 6.45) is 2.35. The Kier molecular flexibility index (Phi) is 5.15. The maximum Gasteiger partial charge on any atom is 0.410 e. The minimum atomic E-state index is -0.406. The Balaban J connectivity index is 1.67. The summed E-state index contributed by atoms with van der Waals surface area (Å²) in [5.74, 6) is 0.761. The monoisotopic (exact) mass is 297 g/mol. The van der Waals surface area contributed by atoms with E-state index in [0.717, 1.165) is 19.0 Å². The molecule has 5 nitrogen and oxygen atoms in total. The molecule has 2 aliphatic heterocycles. The van der Waals surface area contributed by atoms with Crippen molar-refractivity contribution in [2.75, 3.05) is 33.2 Å². The molecule has 122 valence electrons. The summed E-state index contributed by atoms with van der Waals surface area (Å²) in [4.78, 5) is 16.1. The summed E-state index contributed by atoms with van der Waals surface area (Å²) in [7, 11) is 2.19. The second-order valence-electron chi connectivity index (χ2n) is 7.68. The van der Waals surface area contributed by atoms with E-state index in [1.165, 1.54) is 25.9 Å². The van der Waals surface area contributed by atoms with Gasteiger partial charge in [-0.1, -0.05) is 0 Å². The molecular formula is C16H31N3O2. The van der Waals surface area contributed by atoms with Crippen molar-refractivity contribution in [1.29, 1.82) is 0 Å². The van der Waals surface area contributed by atoms with Crippen LogP contribution in [0, 0.1) is 5.92 Å². The molecule has 0 spiro atoms. The fraction of sp³-hybridized carbons (Fsp3) is 0.938. The van der Waals surface area contributed by atoms with Crippen LogP contribution in [0.15, 0.2) is 0 Å². The molecule has 2 aliphatic rings. The fourth-order valence-electron chi connectivity index (χ4n) is 3.10. The molecule has 0 bridgehead atoms. The molecule has 1 unspecified atom stereocenters. The van der Waals surface area contributed by atoms with E-state index in [1.54, 1.807) is 4.90 Å². The summed E-state index contributed by atoms with van der Waals surface area (Å²) in [5, 5.41) is 3.68. The first-order chi connectivity index (χ1) is 9.74. The Bertz CT molecular complexity index is 353. The van der Waals surface area contributed by atoms with Crippen LogP contribution in [-0.2, 0) is 4.74 Å². The van der Waals surface area contributed by atoms with Crippen molar-refractivity contribution >= 4 is 6.09 Å². The highest BCUT2D eigenvalue weighted by Crippen LogP contribution is 2.22. The summed E-state index contributed by atoms with van der Waals surface area (Å²) in [5.41, 5.74) is -0.406. The molecule has 21 heavy (non-hydrogen) atoms. The number of carbonyl (C=O) groups is 1. The maximum absolute atomic E-state index is 11.9. The van der Waals surface area contributed by atoms with Crippen LogP contribution in [0.25, 0.3) is 0 Å². The minimum absolute atomic E-state index is 0.188. The first-order valence-corrected chi connectivity index (χ1v) is 8.17. The van der Waals surface area contributed by atoms with Gasteiger partial charge < -0.3 is 19.9 Å². The topological polar surface area (TPSA) is 44.8 Å². The number of carbonyl (C=O) groups excluding carboxylic acids is 1. The Morgan fingerprint density at radius 3 is 2.33 bits per heavy atom. The average Bonchev–Trinajstić information content (AvgIpc) is 2.31. The quantitative estimate of drug-likeness (QED) is 0.864. The zero-order valence-corrected chi connectivity index (χ0v) is 14.2. The van der Waals surface area contributed by atoms with Crippen molar-refractivity contribution in [3.05, 3.63) is 0 Å². The fourth-order valence-corrected chi connectivity index (χ4v) is 3.10. The standard InChI is InChI=1S/C16H31N3O2/c1-12(13-6-8-18(5)9-7-13)17-14-10-19(11-14)15(20)21-16(2,3)4/h12-14,17H,6-11H2,1-5H3. The first-order valence-electron chi connectivity index (χ1n) is 8.17. The Morgan fingerprint density at radius 2 is 1.81 bits per heavy atom. The van der Waals surface area contributed by atoms with Gasteiger partial charge in [0, 0.05) is 25.2 Å². The largest absolute Gasteiger partial charge is 0.444 e. The molecule has 2 heterocycles. The van der Waals surface area contributed by atoms with E-state index in [1.807, 2.05) is 20.8 Å². The highest BCUT2D eigenvalue weighted by molar-refractivity contribution is 5.69. The molecule has 2 rings (SSSR count). The molecule has 1 N–H and O–H groups in total. The van der Waals surface area contributed by atoms with Crippen LogP contribution in [-0.4, -0.2) is 66.8 Å². The van der Waals surface area contributed by atoms with Gasteiger partial charge in [0.05, 0.1) is 0 Å². The molecule has 0 saturated carbocycles. The van der Waals surface area contributed by atoms with E-state index in [0.29, 0.717) is 12.1 Å². The number of hydrogen-bond donors (Lipinski definition) is 1. The van der Waals surface area contributed by atoms with Gasteiger partial charge >= 0.3 is 6.09 Å². The lowest BCUT2D eigenvalue weighted by Gasteiger charge is -2.43. The van der Waals surface area contributed by atoms with E-state index in [2.05, 4.69) is 24.2 Å². The number of hydrogen-bond acceptors (Lipinski definition) is 4. The van der Waals surface area contributed by atoms with Gasteiger partial charge in [0.25, 0.3) is 0 Å². The molecule has 0 aromatic heterocycles. The van der Waals surface area contributed by atoms with Crippen molar-refractivity contribution in [2.24, 2.45) is 5.92 Å². The summed E-state index contributed by atoms with van der Waals surface area (Å²) in [6, 6.07) is 0.955. The molecule has 5 heteroatoms. The summed E-state index contributed by atoms with van der Waals surface area (Å²) in [6.45, 7) is 11.9. The Morgan fingerprint density at radius 1 is 1.24 bits per heavy atom. The molecule has 0 aromatic carbocycles. The van der Waals surface area contributed by atoms with Gasteiger partial charge in [0.15, 0.2) is 0 Å². The molecule has 0 aromatic rings. The number of piperidine rings is 1. The van der Waals surface area contributed by atoms with Crippen LogP contribution in [0.2, 0.25) is 0 Å². The zero-order valence-electron chi connectivity index (χ0n) is 14.2. The van der Waals surface area contributed by atoms with Gasteiger partial charge in [-0.2, -0.15) is 0 Å². The highest BCUT2D eigenvalue weighted by atomic mass is 16.6. The average molecular weight is 297 g/mol. The predicted octanol–water partition coefficient (Wildman–Crippen LogP) is 1.93. The first kappa shape index (κ1) is 16.6. The van der Waals surface area contributed by atoms with Gasteiger partial charge in [0.1, 0.15) is 5.60 Å². The SMILES string of the molecule is CC(NC1CN(C(=O)OC(C)(C)C)C1)C1CCN(C)CC1. The minimum Gasteiger partial charge on any atom is -0.444 e. The lowest BCUT2D eigenvalue weighted by Crippen LogP contribution is -2.63. The number of nitrogens with one attached hydrogen (secondary N) is 1. The molecular weight excluding hydrogens is 266 g/mol. The molecule has 0 radical (unpaired) electrons. The van der Waals surface area contributed by atoms with Crippen LogP contribution in [0.4, 0.5) is 4.79 Å². The zero-order chi connectivity index (χ0) is 15.6. The normalized spacial score (nSPS) is 23.8. The smallest absolute Gasteiger partial charge is 0.410 e. The molecule has 1 atom stereocenters. The van der Waals surface area contributed by atoms with Crippen LogP contribution in [0.1, 0.15) is 40.5 Å². The highest BCUT2D eigenvalue weighted by Gasteiger charge is 2.35. The van der Waals surface area contributed by atoms with E-state index in [-0.39, 0.29) is 6.09 Å². The third-order valence-corrected chi connectivity index (χ3v) is 4.50. The van der Waals surface area contributed by atoms with Crippen LogP contribution in [0.3, 0.4) is 0 Å². The van der Waals surface area contributed by atoms with Crippen molar-refractivity contribution in [1.82, 2.24) is 15.1 Å². The Hall–Kier alpha value is -0.810. The van der Waals surface area contributed by atoms with Crippen molar-refractivity contribution in [3.63, 3.8) is 0 Å². The van der Waals surface area contributed by atoms with Crippen LogP contribution in [0.5, 0.6) is 0 Å². The maximum atomic E-state index is 11.9. The molecule has 1 amide bonds. The third kappa shape index (κ3) is 4.85. The van der Waals surface area contributed by atoms with Crippen molar-refractivity contribution < 1.29 is 9.53 Å². The number of nitrogens with zero attached hydrogens (tertiary/aromatic N) is 2. The lowest BCUT2D eigenvalue weighted by molar-refractivity contribution is 0.00308. The van der Waals surface area contributed by atoms with E-state index in [4.69, 9.17) is 4.74 Å². The number of rotatable bonds is 3. The summed E-state index contributed by atoms with van der Waals surface area (Å²) < 4.78 is 5.38. The van der Waals surface area contributed by atoms with Crippen LogP contribution >= 0.6 is 0 Å². The lowest BCUT2D eigenvalue weighted by atomic mass is 9.89. The molecule has 2 fully saturated rings. The van der Waals surface area contributed by atoms with Crippen molar-refractivity contribution in [3.8, 4) is 0 Å². The molecule has 0 aliphatic carbocycles. The van der Waals surface area contributed by atoms with Gasteiger partial charge in [-0.3, -0.25) is 0 Å². The third-order valence-electron chi connectivity index (χ3n) is 4.50. The van der Waals surface area contributed by atoms with Gasteiger partial charge in [-0.25, -0.2) is 4.79 Å². The number of likely N-dealkylation sites (tertiary alicyclic amines) is 2. The van der Waals surface area contributed by atoms with E-state index < -0.39 is 5.60 Å². The van der Waals surface area contributed by atoms with E-state index >= 15 is 0 Å². The van der Waals surface area contributed by atoms with Gasteiger partial charge in [0.2, 0.25) is 0 Å². The number of amides is 1. The van der Waals surface area contributed by atoms with Crippen LogP contribution < -0.4 is 5.32 Å². The second-order valence-corrected chi connectivity index (χ2v) is 7.68. The second kappa shape index (κ2) is 6.53. The summed E-state index contributed by atoms with van der Waals surface area (Å²) >= 11 is 0. The molecule has 2 saturated heterocycles. The van der Waals surface area contributed by atoms with Crippen molar-refractivity contribution in [2.45, 2.75) is 58.2 Å². The Labute approximate surface area is 129 Å². The van der Waals surface area contributed by atoms with Gasteiger partial charge in [-0.05, 0) is 66.6 Å².